The summed E-state index contributed by atoms with van der Waals surface area (Å²) in [5.41, 5.74) is 1.47. The summed E-state index contributed by atoms with van der Waals surface area (Å²) in [4.78, 5) is 14.8. The Morgan fingerprint density at radius 2 is 2.13 bits per heavy atom. The largest absolute Gasteiger partial charge is 0.357 e. The van der Waals surface area contributed by atoms with E-state index < -0.39 is 0 Å². The van der Waals surface area contributed by atoms with Gasteiger partial charge in [0.2, 0.25) is 0 Å². The van der Waals surface area contributed by atoms with Crippen molar-refractivity contribution in [2.24, 2.45) is 0 Å². The molecule has 15 heavy (non-hydrogen) atoms. The molecule has 1 heterocycles. The van der Waals surface area contributed by atoms with Gasteiger partial charge in [-0.15, -0.1) is 0 Å². The summed E-state index contributed by atoms with van der Waals surface area (Å²) in [7, 11) is 0. The molecule has 0 amide bonds. The Hall–Kier alpha value is -0.910. The molecular formula is C11H9FINO. The normalized spacial score (nSPS) is 10.9. The fourth-order valence-electron chi connectivity index (χ4n) is 1.52. The zero-order valence-corrected chi connectivity index (χ0v) is 10.3. The van der Waals surface area contributed by atoms with Crippen molar-refractivity contribution in [1.29, 1.82) is 0 Å². The zero-order chi connectivity index (χ0) is 11.0. The molecule has 1 aromatic carbocycles. The molecule has 2 nitrogen and oxygen atoms in total. The number of hydrogen-bond donors (Lipinski definition) is 1. The van der Waals surface area contributed by atoms with Crippen LogP contribution in [0.1, 0.15) is 12.6 Å². The lowest BCUT2D eigenvalue weighted by atomic mass is 10.1. The summed E-state index contributed by atoms with van der Waals surface area (Å²) in [5, 5.41) is 0.414. The number of fused-ring (bicyclic) bond motifs is 1. The van der Waals surface area contributed by atoms with Gasteiger partial charge >= 0.3 is 0 Å². The maximum Gasteiger partial charge on any atom is 0.189 e. The molecule has 4 heteroatoms. The summed E-state index contributed by atoms with van der Waals surface area (Å²) < 4.78 is 13.8. The third-order valence-electron chi connectivity index (χ3n) is 2.29. The van der Waals surface area contributed by atoms with Crippen LogP contribution in [-0.4, -0.2) is 4.98 Å². The van der Waals surface area contributed by atoms with Crippen LogP contribution in [0.2, 0.25) is 0 Å². The van der Waals surface area contributed by atoms with E-state index in [1.807, 2.05) is 29.5 Å². The second-order valence-corrected chi connectivity index (χ2v) is 4.48. The van der Waals surface area contributed by atoms with Gasteiger partial charge in [0.05, 0.1) is 5.52 Å². The lowest BCUT2D eigenvalue weighted by Crippen LogP contribution is -2.06. The first-order chi connectivity index (χ1) is 7.11. The SMILES string of the molecule is CCc1cc(=O)c2cc(F)cc(I)c2[nH]1. The van der Waals surface area contributed by atoms with Crippen molar-refractivity contribution >= 4 is 33.5 Å². The standard InChI is InChI=1S/C11H9FINO/c1-2-7-5-10(15)8-3-6(12)4-9(13)11(8)14-7/h3-5H,2H2,1H3,(H,14,15). The first kappa shape index (κ1) is 10.6. The molecule has 1 N–H and O–H groups in total. The van der Waals surface area contributed by atoms with E-state index in [0.29, 0.717) is 5.39 Å². The molecular weight excluding hydrogens is 308 g/mol. The number of H-pyrrole nitrogens is 1. The topological polar surface area (TPSA) is 32.9 Å². The molecule has 0 atom stereocenters. The van der Waals surface area contributed by atoms with E-state index in [1.165, 1.54) is 18.2 Å². The lowest BCUT2D eigenvalue weighted by Gasteiger charge is -2.04. The smallest absolute Gasteiger partial charge is 0.189 e. The second-order valence-electron chi connectivity index (χ2n) is 3.32. The molecule has 0 fully saturated rings. The van der Waals surface area contributed by atoms with Crippen molar-refractivity contribution in [2.45, 2.75) is 13.3 Å². The minimum Gasteiger partial charge on any atom is -0.357 e. The van der Waals surface area contributed by atoms with Crippen LogP contribution in [0.3, 0.4) is 0 Å². The van der Waals surface area contributed by atoms with Gasteiger partial charge in [-0.05, 0) is 41.1 Å². The van der Waals surface area contributed by atoms with Crippen LogP contribution in [-0.2, 0) is 6.42 Å². The second kappa shape index (κ2) is 3.92. The highest BCUT2D eigenvalue weighted by molar-refractivity contribution is 14.1. The van der Waals surface area contributed by atoms with Gasteiger partial charge in [0.25, 0.3) is 0 Å². The Balaban J connectivity index is 2.91. The van der Waals surface area contributed by atoms with Crippen LogP contribution in [0.15, 0.2) is 23.0 Å². The molecule has 2 aromatic rings. The fraction of sp³-hybridized carbons (Fsp3) is 0.182. The summed E-state index contributed by atoms with van der Waals surface area (Å²) in [6.07, 6.45) is 0.763. The number of pyridine rings is 1. The van der Waals surface area contributed by atoms with Gasteiger partial charge in [0, 0.05) is 20.7 Å². The number of aromatic nitrogens is 1. The minimum absolute atomic E-state index is 0.127. The summed E-state index contributed by atoms with van der Waals surface area (Å²) in [6.45, 7) is 1.97. The molecule has 0 saturated heterocycles. The number of nitrogens with one attached hydrogen (secondary N) is 1. The number of halogens is 2. The number of benzene rings is 1. The van der Waals surface area contributed by atoms with Crippen LogP contribution in [0.5, 0.6) is 0 Å². The van der Waals surface area contributed by atoms with Crippen molar-refractivity contribution in [3.8, 4) is 0 Å². The van der Waals surface area contributed by atoms with E-state index >= 15 is 0 Å². The van der Waals surface area contributed by atoms with E-state index in [1.54, 1.807) is 0 Å². The van der Waals surface area contributed by atoms with Gasteiger partial charge in [-0.25, -0.2) is 4.39 Å². The van der Waals surface area contributed by atoms with Crippen LogP contribution in [0, 0.1) is 9.39 Å². The highest BCUT2D eigenvalue weighted by Gasteiger charge is 2.06. The molecule has 0 aliphatic carbocycles. The van der Waals surface area contributed by atoms with Gasteiger partial charge in [0.15, 0.2) is 5.43 Å². The van der Waals surface area contributed by atoms with Gasteiger partial charge in [-0.3, -0.25) is 4.79 Å². The van der Waals surface area contributed by atoms with Crippen molar-refractivity contribution in [2.75, 3.05) is 0 Å². The summed E-state index contributed by atoms with van der Waals surface area (Å²) >= 11 is 2.02. The fourth-order valence-corrected chi connectivity index (χ4v) is 2.24. The monoisotopic (exact) mass is 317 g/mol. The average Bonchev–Trinajstić information content (AvgIpc) is 2.19. The molecule has 0 unspecified atom stereocenters. The average molecular weight is 317 g/mol. The van der Waals surface area contributed by atoms with Crippen LogP contribution < -0.4 is 5.43 Å². The van der Waals surface area contributed by atoms with Crippen LogP contribution in [0.25, 0.3) is 10.9 Å². The first-order valence-corrected chi connectivity index (χ1v) is 5.70. The quantitative estimate of drug-likeness (QED) is 0.806. The molecule has 0 spiro atoms. The van der Waals surface area contributed by atoms with Gasteiger partial charge in [0.1, 0.15) is 5.82 Å². The highest BCUT2D eigenvalue weighted by Crippen LogP contribution is 2.18. The Labute approximate surface area is 99.7 Å². The Morgan fingerprint density at radius 3 is 2.80 bits per heavy atom. The zero-order valence-electron chi connectivity index (χ0n) is 8.10. The minimum atomic E-state index is -0.373. The van der Waals surface area contributed by atoms with Gasteiger partial charge < -0.3 is 4.98 Å². The molecule has 2 rings (SSSR count). The van der Waals surface area contributed by atoms with E-state index in [9.17, 15) is 9.18 Å². The third-order valence-corrected chi connectivity index (χ3v) is 3.14. The Bertz CT molecular complexity index is 577. The predicted octanol–water partition coefficient (Wildman–Crippen LogP) is 2.83. The van der Waals surface area contributed by atoms with Crippen molar-refractivity contribution in [3.63, 3.8) is 0 Å². The van der Waals surface area contributed by atoms with Gasteiger partial charge in [-0.2, -0.15) is 0 Å². The van der Waals surface area contributed by atoms with Gasteiger partial charge in [-0.1, -0.05) is 6.92 Å². The van der Waals surface area contributed by atoms with E-state index in [0.717, 1.165) is 21.2 Å². The van der Waals surface area contributed by atoms with E-state index in [4.69, 9.17) is 0 Å². The predicted molar refractivity (Wildman–Crippen MR) is 66.6 cm³/mol. The maximum atomic E-state index is 13.1. The first-order valence-electron chi connectivity index (χ1n) is 4.62. The number of rotatable bonds is 1. The number of aryl methyl sites for hydroxylation is 1. The van der Waals surface area contributed by atoms with E-state index in [-0.39, 0.29) is 11.2 Å². The molecule has 0 radical (unpaired) electrons. The van der Waals surface area contributed by atoms with Crippen LogP contribution in [0.4, 0.5) is 4.39 Å². The maximum absolute atomic E-state index is 13.1. The molecule has 0 aliphatic rings. The van der Waals surface area contributed by atoms with Crippen molar-refractivity contribution in [3.05, 3.63) is 43.5 Å². The molecule has 0 saturated carbocycles. The van der Waals surface area contributed by atoms with Crippen molar-refractivity contribution < 1.29 is 4.39 Å². The number of hydrogen-bond acceptors (Lipinski definition) is 1. The number of aromatic amines is 1. The molecule has 0 aliphatic heterocycles. The Morgan fingerprint density at radius 1 is 1.40 bits per heavy atom. The third kappa shape index (κ3) is 1.90. The molecule has 0 bridgehead atoms. The Kier molecular flexibility index (Phi) is 2.77. The summed E-state index contributed by atoms with van der Waals surface area (Å²) in [5.74, 6) is -0.373. The highest BCUT2D eigenvalue weighted by atomic mass is 127. The summed E-state index contributed by atoms with van der Waals surface area (Å²) in [6, 6.07) is 4.21. The van der Waals surface area contributed by atoms with Crippen molar-refractivity contribution in [1.82, 2.24) is 4.98 Å². The molecule has 1 aromatic heterocycles. The molecule has 78 valence electrons. The van der Waals surface area contributed by atoms with E-state index in [2.05, 4.69) is 4.98 Å². The lowest BCUT2D eigenvalue weighted by molar-refractivity contribution is 0.628. The van der Waals surface area contributed by atoms with Crippen LogP contribution >= 0.6 is 22.6 Å².